The van der Waals surface area contributed by atoms with E-state index in [1.807, 2.05) is 6.92 Å². The van der Waals surface area contributed by atoms with Gasteiger partial charge in [0.2, 0.25) is 0 Å². The van der Waals surface area contributed by atoms with Gasteiger partial charge in [-0.05, 0) is 6.92 Å². The standard InChI is InChI=1S/C7H12ClN3O/c1-3-11-7(4-9-10-11)6(8)5-12-2/h4,6H,3,5H2,1-2H3. The van der Waals surface area contributed by atoms with Gasteiger partial charge in [-0.3, -0.25) is 0 Å². The fourth-order valence-electron chi connectivity index (χ4n) is 0.986. The highest BCUT2D eigenvalue weighted by Gasteiger charge is 2.12. The number of methoxy groups -OCH3 is 1. The molecule has 0 radical (unpaired) electrons. The van der Waals surface area contributed by atoms with Gasteiger partial charge in [0.25, 0.3) is 0 Å². The molecule has 0 aromatic carbocycles. The van der Waals surface area contributed by atoms with Crippen molar-refractivity contribution in [3.8, 4) is 0 Å². The number of alkyl halides is 1. The predicted octanol–water partition coefficient (Wildman–Crippen LogP) is 1.22. The highest BCUT2D eigenvalue weighted by molar-refractivity contribution is 6.20. The first-order valence-electron chi connectivity index (χ1n) is 3.81. The van der Waals surface area contributed by atoms with Gasteiger partial charge < -0.3 is 4.74 Å². The van der Waals surface area contributed by atoms with E-state index in [1.54, 1.807) is 18.0 Å². The molecule has 68 valence electrons. The monoisotopic (exact) mass is 189 g/mol. The van der Waals surface area contributed by atoms with Crippen LogP contribution in [0.2, 0.25) is 0 Å². The van der Waals surface area contributed by atoms with Crippen molar-refractivity contribution >= 4 is 11.6 Å². The highest BCUT2D eigenvalue weighted by atomic mass is 35.5. The molecule has 1 aromatic rings. The minimum absolute atomic E-state index is 0.162. The summed E-state index contributed by atoms with van der Waals surface area (Å²) in [7, 11) is 1.62. The van der Waals surface area contributed by atoms with Crippen LogP contribution in [0.3, 0.4) is 0 Å². The lowest BCUT2D eigenvalue weighted by molar-refractivity contribution is 0.196. The van der Waals surface area contributed by atoms with Crippen molar-refractivity contribution in [1.29, 1.82) is 0 Å². The lowest BCUT2D eigenvalue weighted by atomic mass is 10.3. The first-order valence-corrected chi connectivity index (χ1v) is 4.24. The molecule has 0 saturated carbocycles. The van der Waals surface area contributed by atoms with Gasteiger partial charge >= 0.3 is 0 Å². The third kappa shape index (κ3) is 1.95. The minimum atomic E-state index is -0.162. The Morgan fingerprint density at radius 2 is 2.50 bits per heavy atom. The van der Waals surface area contributed by atoms with Crippen molar-refractivity contribution in [2.24, 2.45) is 0 Å². The van der Waals surface area contributed by atoms with E-state index in [2.05, 4.69) is 10.3 Å². The van der Waals surface area contributed by atoms with Gasteiger partial charge in [-0.1, -0.05) is 5.21 Å². The van der Waals surface area contributed by atoms with Crippen molar-refractivity contribution in [2.45, 2.75) is 18.8 Å². The molecule has 1 atom stereocenters. The summed E-state index contributed by atoms with van der Waals surface area (Å²) in [5, 5.41) is 7.47. The molecule has 0 aliphatic heterocycles. The first-order chi connectivity index (χ1) is 5.79. The third-order valence-corrected chi connectivity index (χ3v) is 1.93. The predicted molar refractivity (Wildman–Crippen MR) is 46.2 cm³/mol. The molecule has 0 spiro atoms. The molecule has 5 heteroatoms. The van der Waals surface area contributed by atoms with Crippen LogP contribution in [0.25, 0.3) is 0 Å². The lowest BCUT2D eigenvalue weighted by Crippen LogP contribution is -2.08. The maximum absolute atomic E-state index is 6.01. The summed E-state index contributed by atoms with van der Waals surface area (Å²) in [6.45, 7) is 3.26. The summed E-state index contributed by atoms with van der Waals surface area (Å²) in [6.07, 6.45) is 1.67. The summed E-state index contributed by atoms with van der Waals surface area (Å²) in [5.74, 6) is 0. The van der Waals surface area contributed by atoms with E-state index in [-0.39, 0.29) is 5.38 Å². The topological polar surface area (TPSA) is 39.9 Å². The Morgan fingerprint density at radius 3 is 3.08 bits per heavy atom. The fourth-order valence-corrected chi connectivity index (χ4v) is 1.28. The average molecular weight is 190 g/mol. The van der Waals surface area contributed by atoms with Crippen molar-refractivity contribution < 1.29 is 4.74 Å². The number of nitrogens with zero attached hydrogens (tertiary/aromatic N) is 3. The molecule has 0 aliphatic rings. The fraction of sp³-hybridized carbons (Fsp3) is 0.714. The van der Waals surface area contributed by atoms with E-state index in [9.17, 15) is 0 Å². The Labute approximate surface area is 76.5 Å². The van der Waals surface area contributed by atoms with Crippen LogP contribution in [0.1, 0.15) is 18.0 Å². The normalized spacial score (nSPS) is 13.2. The van der Waals surface area contributed by atoms with E-state index in [0.717, 1.165) is 12.2 Å². The molecule has 0 N–H and O–H groups in total. The Bertz CT molecular complexity index is 238. The second-order valence-electron chi connectivity index (χ2n) is 2.40. The molecule has 12 heavy (non-hydrogen) atoms. The van der Waals surface area contributed by atoms with Crippen molar-refractivity contribution in [2.75, 3.05) is 13.7 Å². The Balaban J connectivity index is 2.71. The maximum Gasteiger partial charge on any atom is 0.100 e. The third-order valence-electron chi connectivity index (χ3n) is 1.58. The molecule has 0 aliphatic carbocycles. The Morgan fingerprint density at radius 1 is 1.75 bits per heavy atom. The van der Waals surface area contributed by atoms with Crippen LogP contribution in [0.5, 0.6) is 0 Å². The van der Waals surface area contributed by atoms with Crippen molar-refractivity contribution in [3.63, 3.8) is 0 Å². The van der Waals surface area contributed by atoms with Crippen LogP contribution in [-0.2, 0) is 11.3 Å². The van der Waals surface area contributed by atoms with Gasteiger partial charge in [0.05, 0.1) is 18.5 Å². The maximum atomic E-state index is 6.01. The van der Waals surface area contributed by atoms with Gasteiger partial charge in [0, 0.05) is 13.7 Å². The molecular weight excluding hydrogens is 178 g/mol. The SMILES string of the molecule is CCn1nncc1C(Cl)COC. The number of aryl methyl sites for hydroxylation is 1. The molecule has 4 nitrogen and oxygen atoms in total. The van der Waals surface area contributed by atoms with Crippen LogP contribution >= 0.6 is 11.6 Å². The van der Waals surface area contributed by atoms with E-state index in [4.69, 9.17) is 16.3 Å². The number of hydrogen-bond donors (Lipinski definition) is 0. The van der Waals surface area contributed by atoms with Crippen LogP contribution in [-0.4, -0.2) is 28.7 Å². The minimum Gasteiger partial charge on any atom is -0.383 e. The quantitative estimate of drug-likeness (QED) is 0.669. The zero-order valence-corrected chi connectivity index (χ0v) is 7.95. The number of ether oxygens (including phenoxy) is 1. The lowest BCUT2D eigenvalue weighted by Gasteiger charge is -2.08. The van der Waals surface area contributed by atoms with Crippen LogP contribution < -0.4 is 0 Å². The Hall–Kier alpha value is -0.610. The molecule has 1 rings (SSSR count). The van der Waals surface area contributed by atoms with Gasteiger partial charge in [-0.2, -0.15) is 0 Å². The molecular formula is C7H12ClN3O. The van der Waals surface area contributed by atoms with E-state index in [0.29, 0.717) is 6.61 Å². The van der Waals surface area contributed by atoms with Gasteiger partial charge in [-0.15, -0.1) is 16.7 Å². The molecule has 0 saturated heterocycles. The van der Waals surface area contributed by atoms with Crippen LogP contribution in [0, 0.1) is 0 Å². The number of hydrogen-bond acceptors (Lipinski definition) is 3. The summed E-state index contributed by atoms with van der Waals surface area (Å²) in [5.41, 5.74) is 0.904. The molecule has 1 unspecified atom stereocenters. The zero-order chi connectivity index (χ0) is 8.97. The van der Waals surface area contributed by atoms with E-state index in [1.165, 1.54) is 0 Å². The van der Waals surface area contributed by atoms with Gasteiger partial charge in [-0.25, -0.2) is 4.68 Å². The molecule has 1 heterocycles. The largest absolute Gasteiger partial charge is 0.383 e. The van der Waals surface area contributed by atoms with Crippen molar-refractivity contribution in [3.05, 3.63) is 11.9 Å². The number of aromatic nitrogens is 3. The second-order valence-corrected chi connectivity index (χ2v) is 2.92. The second kappa shape index (κ2) is 4.42. The number of halogens is 1. The van der Waals surface area contributed by atoms with Gasteiger partial charge in [0.15, 0.2) is 0 Å². The average Bonchev–Trinajstić information content (AvgIpc) is 2.51. The van der Waals surface area contributed by atoms with E-state index < -0.39 is 0 Å². The van der Waals surface area contributed by atoms with Crippen molar-refractivity contribution in [1.82, 2.24) is 15.0 Å². The summed E-state index contributed by atoms with van der Waals surface area (Å²) in [4.78, 5) is 0. The zero-order valence-electron chi connectivity index (χ0n) is 7.20. The molecule has 0 bridgehead atoms. The Kier molecular flexibility index (Phi) is 3.49. The number of rotatable bonds is 4. The smallest absolute Gasteiger partial charge is 0.100 e. The molecule has 1 aromatic heterocycles. The van der Waals surface area contributed by atoms with Crippen LogP contribution in [0.15, 0.2) is 6.20 Å². The first kappa shape index (κ1) is 9.48. The van der Waals surface area contributed by atoms with E-state index >= 15 is 0 Å². The summed E-state index contributed by atoms with van der Waals surface area (Å²) < 4.78 is 6.69. The van der Waals surface area contributed by atoms with Gasteiger partial charge in [0.1, 0.15) is 5.38 Å². The van der Waals surface area contributed by atoms with Crippen LogP contribution in [0.4, 0.5) is 0 Å². The summed E-state index contributed by atoms with van der Waals surface area (Å²) in [6, 6.07) is 0. The molecule has 0 amide bonds. The summed E-state index contributed by atoms with van der Waals surface area (Å²) >= 11 is 6.01. The molecule has 0 fully saturated rings. The highest BCUT2D eigenvalue weighted by Crippen LogP contribution is 2.18.